The summed E-state index contributed by atoms with van der Waals surface area (Å²) in [6, 6.07) is 61.2. The highest BCUT2D eigenvalue weighted by atomic mass is 19.4. The number of phenolic OH excluding ortho intramolecular Hbond substituents is 2. The minimum Gasteiger partial charge on any atom is -0.506 e. The summed E-state index contributed by atoms with van der Waals surface area (Å²) in [6.07, 6.45) is -5.18. The molecule has 0 fully saturated rings. The van der Waals surface area contributed by atoms with Gasteiger partial charge in [0.15, 0.2) is 17.1 Å². The quantitative estimate of drug-likeness (QED) is 0.0771. The molecule has 0 aliphatic carbocycles. The number of hydrogen-bond acceptors (Lipinski definition) is 14. The second kappa shape index (κ2) is 22.6. The summed E-state index contributed by atoms with van der Waals surface area (Å²) < 4.78 is 60.7. The number of benzene rings is 6. The fraction of sp³-hybridized carbons (Fsp3) is 0.0909. The highest BCUT2D eigenvalue weighted by Crippen LogP contribution is 2.43. The van der Waals surface area contributed by atoms with E-state index >= 15 is 0 Å². The topological polar surface area (TPSA) is 200 Å². The highest BCUT2D eigenvalue weighted by Gasteiger charge is 2.63. The van der Waals surface area contributed by atoms with E-state index in [9.17, 15) is 38.1 Å². The second-order valence-electron chi connectivity index (χ2n) is 19.3. The van der Waals surface area contributed by atoms with Crippen molar-refractivity contribution in [2.75, 3.05) is 13.7 Å². The first-order chi connectivity index (χ1) is 40.2. The van der Waals surface area contributed by atoms with Gasteiger partial charge in [-0.2, -0.15) is 13.2 Å². The zero-order chi connectivity index (χ0) is 57.9. The van der Waals surface area contributed by atoms with Gasteiger partial charge in [-0.05, 0) is 90.8 Å². The largest absolute Gasteiger partial charge is 0.506 e. The maximum Gasteiger partial charge on any atom is 0.411 e. The molecule has 0 saturated carbocycles. The van der Waals surface area contributed by atoms with Crippen molar-refractivity contribution in [1.29, 1.82) is 0 Å². The molecule has 14 nitrogen and oxygen atoms in total. The van der Waals surface area contributed by atoms with Crippen molar-refractivity contribution < 1.29 is 53.7 Å². The maximum absolute atomic E-state index is 14.6. The van der Waals surface area contributed by atoms with Crippen molar-refractivity contribution in [1.82, 2.24) is 29.9 Å². The molecule has 12 aromatic rings. The number of hydrogen-bond donors (Lipinski definition) is 3. The third-order valence-corrected chi connectivity index (χ3v) is 14.2. The minimum atomic E-state index is -5.18. The van der Waals surface area contributed by atoms with Crippen LogP contribution in [0.15, 0.2) is 218 Å². The molecule has 0 aliphatic heterocycles. The molecule has 0 radical (unpaired) electrons. The van der Waals surface area contributed by atoms with Crippen molar-refractivity contribution in [3.8, 4) is 68.5 Å². The molecule has 17 heteroatoms. The number of pyridine rings is 6. The molecule has 6 heterocycles. The van der Waals surface area contributed by atoms with Crippen LogP contribution in [-0.2, 0) is 25.3 Å². The molecule has 12 rings (SSSR count). The predicted octanol–water partition coefficient (Wildman–Crippen LogP) is 13.5. The fourth-order valence-corrected chi connectivity index (χ4v) is 9.50. The summed E-state index contributed by atoms with van der Waals surface area (Å²) in [5, 5.41) is 33.2. The van der Waals surface area contributed by atoms with Crippen LogP contribution < -0.4 is 9.47 Å². The molecule has 0 aliphatic rings. The number of ether oxygens (including phenoxy) is 3. The van der Waals surface area contributed by atoms with Gasteiger partial charge in [0.1, 0.15) is 33.6 Å². The van der Waals surface area contributed by atoms with E-state index in [1.807, 2.05) is 72.8 Å². The Balaban J connectivity index is 0.000000226. The third-order valence-electron chi connectivity index (χ3n) is 14.2. The summed E-state index contributed by atoms with van der Waals surface area (Å²) in [6.45, 7) is 0.0693. The lowest BCUT2D eigenvalue weighted by molar-refractivity contribution is -0.211. The monoisotopic (exact) mass is 1110 g/mol. The predicted molar refractivity (Wildman–Crippen MR) is 310 cm³/mol. The van der Waals surface area contributed by atoms with E-state index < -0.39 is 41.3 Å². The Hall–Kier alpha value is -10.5. The van der Waals surface area contributed by atoms with Crippen molar-refractivity contribution in [3.05, 3.63) is 230 Å². The fourth-order valence-electron chi connectivity index (χ4n) is 9.50. The van der Waals surface area contributed by atoms with E-state index in [-0.39, 0.29) is 29.9 Å². The van der Waals surface area contributed by atoms with Crippen LogP contribution in [0.25, 0.3) is 89.2 Å². The summed E-state index contributed by atoms with van der Waals surface area (Å²) in [5.41, 5.74) is 1.38. The number of rotatable bonds is 12. The molecule has 3 N–H and O–H groups in total. The molecule has 0 saturated heterocycles. The van der Waals surface area contributed by atoms with Crippen LogP contribution in [0.5, 0.6) is 23.0 Å². The van der Waals surface area contributed by atoms with E-state index in [1.54, 1.807) is 110 Å². The highest BCUT2D eigenvalue weighted by molar-refractivity contribution is 5.94. The number of aromatic hydroxyl groups is 2. The zero-order valence-corrected chi connectivity index (χ0v) is 44.2. The third kappa shape index (κ3) is 10.6. The smallest absolute Gasteiger partial charge is 0.411 e. The van der Waals surface area contributed by atoms with E-state index in [4.69, 9.17) is 29.2 Å². The first-order valence-corrected chi connectivity index (χ1v) is 25.9. The molecule has 0 spiro atoms. The van der Waals surface area contributed by atoms with Gasteiger partial charge in [0, 0.05) is 30.1 Å². The van der Waals surface area contributed by atoms with Gasteiger partial charge >= 0.3 is 18.1 Å². The number of alkyl halides is 3. The standard InChI is InChI=1S/C43H32F3N3O6.C23H15N3O2.H2/c1-41(53-2,29-14-5-3-6-15-29)39(51)54-35-20-9-12-27-22-24-33(48-37(27)35)31-18-11-19-32(47-31)34-25-23-28-13-10-21-36(38(28)49-34)55-40(52)42(26-50,43(44,45)46)30-16-7-4-8-17-30;27-20-8-1-4-14-10-12-18(25-22(14)20)16-6-3-7-17(24-16)19-13-11-15-5-2-9-21(28)23(15)26-19;/h3-25,50H,26H2,1-2H3;1-13,27-28H;1H/t41-,42+;;/m1../s1. The van der Waals surface area contributed by atoms with Crippen molar-refractivity contribution in [3.63, 3.8) is 0 Å². The number of aliphatic hydroxyl groups excluding tert-OH is 1. The number of aromatic nitrogens is 6. The Morgan fingerprint density at radius 3 is 1.13 bits per heavy atom. The SMILES string of the molecule is CO[C@@](C)(C(=O)Oc1cccc2ccc(-c3cccc(-c4ccc5cccc(OC(=O)[C@](CO)(c6ccccc6)C(F)(F)F)c5n4)n3)nc12)c1ccccc1.Oc1cccc2ccc(-c3cccc(-c4ccc5cccc(O)c5n4)n3)nc12.[HH]. The van der Waals surface area contributed by atoms with Gasteiger partial charge < -0.3 is 29.5 Å². The number of phenols is 2. The van der Waals surface area contributed by atoms with E-state index in [1.165, 1.54) is 37.4 Å². The Morgan fingerprint density at radius 2 is 0.747 bits per heavy atom. The normalized spacial score (nSPS) is 12.9. The van der Waals surface area contributed by atoms with Crippen LogP contribution in [0.1, 0.15) is 19.5 Å². The number of methoxy groups -OCH3 is 1. The Bertz CT molecular complexity index is 4330. The molecular weight excluding hydrogens is 1060 g/mol. The van der Waals surface area contributed by atoms with Gasteiger partial charge in [0.25, 0.3) is 0 Å². The van der Waals surface area contributed by atoms with Gasteiger partial charge in [-0.15, -0.1) is 0 Å². The van der Waals surface area contributed by atoms with E-state index in [0.717, 1.165) is 22.9 Å². The lowest BCUT2D eigenvalue weighted by Gasteiger charge is -2.32. The van der Waals surface area contributed by atoms with Crippen LogP contribution in [0.4, 0.5) is 13.2 Å². The number of fused-ring (bicyclic) bond motifs is 4. The number of carbonyl (C=O) groups is 2. The second-order valence-corrected chi connectivity index (χ2v) is 19.3. The summed E-state index contributed by atoms with van der Waals surface area (Å²) >= 11 is 0. The Labute approximate surface area is 473 Å². The molecule has 2 atom stereocenters. The Kier molecular flexibility index (Phi) is 14.8. The summed E-state index contributed by atoms with van der Waals surface area (Å²) in [4.78, 5) is 55.1. The average molecular weight is 1110 g/mol. The molecule has 0 amide bonds. The Morgan fingerprint density at radius 1 is 0.410 bits per heavy atom. The number of carbonyl (C=O) groups excluding carboxylic acids is 2. The van der Waals surface area contributed by atoms with Gasteiger partial charge in [-0.1, -0.05) is 146 Å². The van der Waals surface area contributed by atoms with Crippen LogP contribution in [-0.4, -0.2) is 77.1 Å². The van der Waals surface area contributed by atoms with Crippen LogP contribution >= 0.6 is 0 Å². The minimum absolute atomic E-state index is 0. The van der Waals surface area contributed by atoms with Gasteiger partial charge in [0.2, 0.25) is 5.41 Å². The lowest BCUT2D eigenvalue weighted by Crippen LogP contribution is -2.54. The number of aliphatic hydroxyl groups is 1. The number of esters is 2. The van der Waals surface area contributed by atoms with Crippen molar-refractivity contribution in [2.45, 2.75) is 24.1 Å². The number of para-hydroxylation sites is 4. The molecule has 6 aromatic heterocycles. The molecule has 0 unspecified atom stereocenters. The van der Waals surface area contributed by atoms with E-state index in [0.29, 0.717) is 78.4 Å². The van der Waals surface area contributed by atoms with Gasteiger partial charge in [-0.25, -0.2) is 34.7 Å². The molecule has 412 valence electrons. The van der Waals surface area contributed by atoms with E-state index in [2.05, 4.69) is 15.0 Å². The van der Waals surface area contributed by atoms with Crippen molar-refractivity contribution in [2.24, 2.45) is 0 Å². The van der Waals surface area contributed by atoms with Crippen LogP contribution in [0.3, 0.4) is 0 Å². The first kappa shape index (κ1) is 54.5. The molecular formula is C66H49F3N6O8. The van der Waals surface area contributed by atoms with Gasteiger partial charge in [0.05, 0.1) is 52.2 Å². The maximum atomic E-state index is 14.6. The number of nitrogens with zero attached hydrogens (tertiary/aromatic N) is 6. The van der Waals surface area contributed by atoms with Gasteiger partial charge in [-0.3, -0.25) is 4.79 Å². The van der Waals surface area contributed by atoms with Crippen molar-refractivity contribution >= 4 is 55.6 Å². The first-order valence-electron chi connectivity index (χ1n) is 25.9. The van der Waals surface area contributed by atoms with Crippen LogP contribution in [0, 0.1) is 0 Å². The molecule has 6 aromatic carbocycles. The molecule has 0 bridgehead atoms. The lowest BCUT2D eigenvalue weighted by atomic mass is 9.80. The molecule has 83 heavy (non-hydrogen) atoms. The number of halogens is 3. The van der Waals surface area contributed by atoms with Crippen LogP contribution in [0.2, 0.25) is 0 Å². The summed E-state index contributed by atoms with van der Waals surface area (Å²) in [7, 11) is 1.44. The summed E-state index contributed by atoms with van der Waals surface area (Å²) in [5.74, 6) is -2.05. The zero-order valence-electron chi connectivity index (χ0n) is 44.2. The average Bonchev–Trinajstić information content (AvgIpc) is 2.31.